The fraction of sp³-hybridized carbons (Fsp3) is 0.300. The molecule has 1 saturated heterocycles. The number of morpholine rings is 1. The maximum atomic E-state index is 12.7. The van der Waals surface area contributed by atoms with E-state index in [9.17, 15) is 9.59 Å². The van der Waals surface area contributed by atoms with Crippen LogP contribution in [-0.4, -0.2) is 56.0 Å². The molecule has 1 aliphatic carbocycles. The lowest BCUT2D eigenvalue weighted by molar-refractivity contribution is 0.0383. The third kappa shape index (κ3) is 2.97. The summed E-state index contributed by atoms with van der Waals surface area (Å²) in [7, 11) is 0. The number of amides is 1. The fourth-order valence-corrected chi connectivity index (χ4v) is 3.51. The number of rotatable bonds is 4. The standard InChI is InChI=1S/C20H20N2O3/c23-19-15-5-2-1-4-14(15)18-16(19)6-3-7-17(18)20(24)21-8-9-22-10-12-25-13-11-22/h1-7H,8-13H2,(H,21,24). The molecule has 0 spiro atoms. The monoisotopic (exact) mass is 336 g/mol. The molecule has 0 bridgehead atoms. The van der Waals surface area contributed by atoms with Crippen LogP contribution in [-0.2, 0) is 4.74 Å². The average Bonchev–Trinajstić information content (AvgIpc) is 2.96. The van der Waals surface area contributed by atoms with Gasteiger partial charge in [-0.1, -0.05) is 36.4 Å². The van der Waals surface area contributed by atoms with Gasteiger partial charge in [0.25, 0.3) is 5.91 Å². The molecule has 0 unspecified atom stereocenters. The molecule has 2 aliphatic rings. The Morgan fingerprint density at radius 2 is 1.72 bits per heavy atom. The van der Waals surface area contributed by atoms with Crippen LogP contribution in [0.4, 0.5) is 0 Å². The van der Waals surface area contributed by atoms with Gasteiger partial charge in [0.2, 0.25) is 0 Å². The quantitative estimate of drug-likeness (QED) is 0.791. The summed E-state index contributed by atoms with van der Waals surface area (Å²) in [5.74, 6) is -0.136. The van der Waals surface area contributed by atoms with Crippen molar-refractivity contribution in [2.45, 2.75) is 0 Å². The molecule has 1 heterocycles. The first kappa shape index (κ1) is 16.0. The Bertz CT molecular complexity index is 825. The van der Waals surface area contributed by atoms with E-state index < -0.39 is 0 Å². The molecule has 2 aromatic rings. The van der Waals surface area contributed by atoms with Gasteiger partial charge in [-0.05, 0) is 11.6 Å². The van der Waals surface area contributed by atoms with Crippen LogP contribution in [0.1, 0.15) is 26.3 Å². The van der Waals surface area contributed by atoms with Crippen LogP contribution in [0, 0.1) is 0 Å². The third-order valence-corrected chi connectivity index (χ3v) is 4.81. The Balaban J connectivity index is 1.52. The van der Waals surface area contributed by atoms with Crippen LogP contribution < -0.4 is 5.32 Å². The van der Waals surface area contributed by atoms with Gasteiger partial charge in [-0.25, -0.2) is 0 Å². The maximum absolute atomic E-state index is 12.7. The van der Waals surface area contributed by atoms with Gasteiger partial charge in [0.05, 0.1) is 13.2 Å². The smallest absolute Gasteiger partial charge is 0.251 e. The Labute approximate surface area is 146 Å². The Morgan fingerprint density at radius 3 is 2.52 bits per heavy atom. The van der Waals surface area contributed by atoms with Crippen LogP contribution in [0.25, 0.3) is 11.1 Å². The van der Waals surface area contributed by atoms with E-state index in [4.69, 9.17) is 4.74 Å². The molecule has 1 fully saturated rings. The van der Waals surface area contributed by atoms with E-state index in [0.29, 0.717) is 23.2 Å². The highest BCUT2D eigenvalue weighted by Gasteiger charge is 2.29. The van der Waals surface area contributed by atoms with Crippen LogP contribution in [0.5, 0.6) is 0 Å². The van der Waals surface area contributed by atoms with Gasteiger partial charge < -0.3 is 10.1 Å². The van der Waals surface area contributed by atoms with Crippen molar-refractivity contribution in [1.29, 1.82) is 0 Å². The summed E-state index contributed by atoms with van der Waals surface area (Å²) >= 11 is 0. The van der Waals surface area contributed by atoms with Crippen molar-refractivity contribution in [3.05, 3.63) is 59.2 Å². The second kappa shape index (κ2) is 6.78. The topological polar surface area (TPSA) is 58.6 Å². The molecule has 0 atom stereocenters. The van der Waals surface area contributed by atoms with E-state index in [-0.39, 0.29) is 11.7 Å². The van der Waals surface area contributed by atoms with Gasteiger partial charge in [-0.3, -0.25) is 14.5 Å². The molecule has 5 nitrogen and oxygen atoms in total. The van der Waals surface area contributed by atoms with Gasteiger partial charge in [-0.2, -0.15) is 0 Å². The molecular formula is C20H20N2O3. The second-order valence-corrected chi connectivity index (χ2v) is 6.31. The van der Waals surface area contributed by atoms with Crippen molar-refractivity contribution in [3.8, 4) is 11.1 Å². The van der Waals surface area contributed by atoms with E-state index in [2.05, 4.69) is 10.2 Å². The minimum Gasteiger partial charge on any atom is -0.379 e. The normalized spacial score (nSPS) is 16.4. The molecule has 1 N–H and O–H groups in total. The molecule has 0 radical (unpaired) electrons. The third-order valence-electron chi connectivity index (χ3n) is 4.81. The predicted molar refractivity (Wildman–Crippen MR) is 94.9 cm³/mol. The van der Waals surface area contributed by atoms with Crippen LogP contribution >= 0.6 is 0 Å². The van der Waals surface area contributed by atoms with Crippen LogP contribution in [0.3, 0.4) is 0 Å². The Kier molecular flexibility index (Phi) is 4.34. The predicted octanol–water partition coefficient (Wildman–Crippen LogP) is 1.96. The first-order chi connectivity index (χ1) is 12.3. The van der Waals surface area contributed by atoms with E-state index in [0.717, 1.165) is 44.0 Å². The molecule has 2 aromatic carbocycles. The summed E-state index contributed by atoms with van der Waals surface area (Å²) in [4.78, 5) is 27.5. The lowest BCUT2D eigenvalue weighted by Gasteiger charge is -2.26. The van der Waals surface area contributed by atoms with E-state index in [1.54, 1.807) is 18.2 Å². The van der Waals surface area contributed by atoms with Gasteiger partial charge in [0.15, 0.2) is 5.78 Å². The summed E-state index contributed by atoms with van der Waals surface area (Å²) in [5, 5.41) is 2.99. The number of fused-ring (bicyclic) bond motifs is 3. The Morgan fingerprint density at radius 1 is 1.00 bits per heavy atom. The van der Waals surface area contributed by atoms with Crippen molar-refractivity contribution in [3.63, 3.8) is 0 Å². The minimum absolute atomic E-state index is 0.00596. The first-order valence-electron chi connectivity index (χ1n) is 8.61. The van der Waals surface area contributed by atoms with Crippen LogP contribution in [0.2, 0.25) is 0 Å². The van der Waals surface area contributed by atoms with E-state index >= 15 is 0 Å². The summed E-state index contributed by atoms with van der Waals surface area (Å²) in [6.45, 7) is 4.69. The molecule has 5 heteroatoms. The number of nitrogens with zero attached hydrogens (tertiary/aromatic N) is 1. The lowest BCUT2D eigenvalue weighted by Crippen LogP contribution is -2.41. The van der Waals surface area contributed by atoms with Crippen molar-refractivity contribution in [1.82, 2.24) is 10.2 Å². The zero-order chi connectivity index (χ0) is 17.2. The summed E-state index contributed by atoms with van der Waals surface area (Å²) in [6.07, 6.45) is 0. The summed E-state index contributed by atoms with van der Waals surface area (Å²) in [5.41, 5.74) is 3.46. The van der Waals surface area contributed by atoms with Gasteiger partial charge in [-0.15, -0.1) is 0 Å². The Hall–Kier alpha value is -2.50. The molecule has 1 amide bonds. The van der Waals surface area contributed by atoms with Gasteiger partial charge in [0.1, 0.15) is 0 Å². The highest BCUT2D eigenvalue weighted by atomic mass is 16.5. The largest absolute Gasteiger partial charge is 0.379 e. The van der Waals surface area contributed by atoms with Crippen LogP contribution in [0.15, 0.2) is 42.5 Å². The molecular weight excluding hydrogens is 316 g/mol. The van der Waals surface area contributed by atoms with Gasteiger partial charge in [0, 0.05) is 48.4 Å². The van der Waals surface area contributed by atoms with Crippen molar-refractivity contribution >= 4 is 11.7 Å². The van der Waals surface area contributed by atoms with Crippen molar-refractivity contribution in [2.24, 2.45) is 0 Å². The maximum Gasteiger partial charge on any atom is 0.251 e. The summed E-state index contributed by atoms with van der Waals surface area (Å²) < 4.78 is 5.33. The number of nitrogens with one attached hydrogen (secondary N) is 1. The van der Waals surface area contributed by atoms with Gasteiger partial charge >= 0.3 is 0 Å². The molecule has 25 heavy (non-hydrogen) atoms. The zero-order valence-corrected chi connectivity index (χ0v) is 14.0. The number of benzene rings is 2. The highest BCUT2D eigenvalue weighted by Crippen LogP contribution is 2.38. The lowest BCUT2D eigenvalue weighted by atomic mass is 9.99. The SMILES string of the molecule is O=C(NCCN1CCOCC1)c1cccc2c1-c1ccccc1C2=O. The first-order valence-corrected chi connectivity index (χ1v) is 8.61. The minimum atomic E-state index is -0.130. The van der Waals surface area contributed by atoms with E-state index in [1.165, 1.54) is 0 Å². The number of ether oxygens (including phenoxy) is 1. The van der Waals surface area contributed by atoms with Crippen molar-refractivity contribution in [2.75, 3.05) is 39.4 Å². The number of hydrogen-bond donors (Lipinski definition) is 1. The molecule has 0 aromatic heterocycles. The van der Waals surface area contributed by atoms with E-state index in [1.807, 2.05) is 24.3 Å². The number of ketones is 1. The van der Waals surface area contributed by atoms with Crippen molar-refractivity contribution < 1.29 is 14.3 Å². The molecule has 128 valence electrons. The second-order valence-electron chi connectivity index (χ2n) is 6.31. The highest BCUT2D eigenvalue weighted by molar-refractivity contribution is 6.24. The molecule has 0 saturated carbocycles. The summed E-state index contributed by atoms with van der Waals surface area (Å²) in [6, 6.07) is 12.8. The molecule has 1 aliphatic heterocycles. The zero-order valence-electron chi connectivity index (χ0n) is 14.0. The number of carbonyl (C=O) groups excluding carboxylic acids is 2. The fourth-order valence-electron chi connectivity index (χ4n) is 3.51. The number of hydrogen-bond acceptors (Lipinski definition) is 4. The molecule has 4 rings (SSSR count). The average molecular weight is 336 g/mol. The number of carbonyl (C=O) groups is 2.